The fourth-order valence-corrected chi connectivity index (χ4v) is 2.71. The summed E-state index contributed by atoms with van der Waals surface area (Å²) in [6, 6.07) is 6.03. The summed E-state index contributed by atoms with van der Waals surface area (Å²) >= 11 is 0. The summed E-state index contributed by atoms with van der Waals surface area (Å²) < 4.78 is 0. The van der Waals surface area contributed by atoms with Crippen molar-refractivity contribution in [2.75, 3.05) is 0 Å². The van der Waals surface area contributed by atoms with Crippen LogP contribution in [0.2, 0.25) is 0 Å². The normalized spacial score (nSPS) is 22.8. The zero-order valence-corrected chi connectivity index (χ0v) is 10.8. The van der Waals surface area contributed by atoms with Crippen molar-refractivity contribution in [2.24, 2.45) is 5.92 Å². The molecule has 3 rings (SSSR count). The van der Waals surface area contributed by atoms with E-state index in [9.17, 15) is 9.90 Å². The van der Waals surface area contributed by atoms with E-state index < -0.39 is 5.97 Å². The van der Waals surface area contributed by atoms with Crippen LogP contribution in [0.3, 0.4) is 0 Å². The molecule has 0 fully saturated rings. The Morgan fingerprint density at radius 2 is 2.16 bits per heavy atom. The number of allylic oxidation sites excluding steroid dienone is 2. The van der Waals surface area contributed by atoms with Gasteiger partial charge in [0.05, 0.1) is 17.0 Å². The summed E-state index contributed by atoms with van der Waals surface area (Å²) in [5.41, 5.74) is 3.05. The zero-order valence-electron chi connectivity index (χ0n) is 10.8. The molecule has 2 atom stereocenters. The van der Waals surface area contributed by atoms with Crippen LogP contribution in [0.4, 0.5) is 0 Å². The number of benzene rings is 1. The lowest BCUT2D eigenvalue weighted by atomic mass is 9.82. The Morgan fingerprint density at radius 3 is 2.95 bits per heavy atom. The highest BCUT2D eigenvalue weighted by atomic mass is 16.4. The predicted octanol–water partition coefficient (Wildman–Crippen LogP) is 3.01. The van der Waals surface area contributed by atoms with Gasteiger partial charge in [-0.2, -0.15) is 0 Å². The first-order valence-corrected chi connectivity index (χ1v) is 6.49. The van der Waals surface area contributed by atoms with Crippen molar-refractivity contribution in [3.63, 3.8) is 0 Å². The SMILES string of the molecule is Cc1ccc2nc([C@@H]3CC=CC[C@@H]3C(=O)O)[nH]c2c1. The molecule has 1 aromatic heterocycles. The average molecular weight is 256 g/mol. The van der Waals surface area contributed by atoms with Gasteiger partial charge in [0, 0.05) is 5.92 Å². The fourth-order valence-electron chi connectivity index (χ4n) is 2.71. The molecule has 19 heavy (non-hydrogen) atoms. The molecular weight excluding hydrogens is 240 g/mol. The van der Waals surface area contributed by atoms with Crippen LogP contribution in [0.15, 0.2) is 30.4 Å². The van der Waals surface area contributed by atoms with E-state index >= 15 is 0 Å². The van der Waals surface area contributed by atoms with Crippen molar-refractivity contribution < 1.29 is 9.90 Å². The number of imidazole rings is 1. The van der Waals surface area contributed by atoms with E-state index in [1.807, 2.05) is 37.3 Å². The lowest BCUT2D eigenvalue weighted by Gasteiger charge is -2.23. The largest absolute Gasteiger partial charge is 0.481 e. The van der Waals surface area contributed by atoms with Crippen molar-refractivity contribution in [3.05, 3.63) is 41.7 Å². The molecule has 4 heteroatoms. The molecule has 0 bridgehead atoms. The van der Waals surface area contributed by atoms with E-state index in [0.717, 1.165) is 23.3 Å². The van der Waals surface area contributed by atoms with E-state index in [0.29, 0.717) is 6.42 Å². The van der Waals surface area contributed by atoms with Gasteiger partial charge in [0.2, 0.25) is 0 Å². The third kappa shape index (κ3) is 2.14. The van der Waals surface area contributed by atoms with Gasteiger partial charge in [0.15, 0.2) is 0 Å². The monoisotopic (exact) mass is 256 g/mol. The van der Waals surface area contributed by atoms with Gasteiger partial charge in [-0.05, 0) is 37.5 Å². The number of aliphatic carboxylic acids is 1. The van der Waals surface area contributed by atoms with Crippen molar-refractivity contribution >= 4 is 17.0 Å². The minimum absolute atomic E-state index is 0.0600. The zero-order chi connectivity index (χ0) is 13.4. The maximum absolute atomic E-state index is 11.3. The average Bonchev–Trinajstić information content (AvgIpc) is 2.81. The number of carbonyl (C=O) groups is 1. The summed E-state index contributed by atoms with van der Waals surface area (Å²) in [5.74, 6) is -0.398. The van der Waals surface area contributed by atoms with Crippen molar-refractivity contribution in [3.8, 4) is 0 Å². The Bertz CT molecular complexity index is 657. The molecule has 0 radical (unpaired) electrons. The number of nitrogens with zero attached hydrogens (tertiary/aromatic N) is 1. The molecule has 0 unspecified atom stereocenters. The number of H-pyrrole nitrogens is 1. The number of rotatable bonds is 2. The molecule has 0 saturated carbocycles. The molecule has 2 N–H and O–H groups in total. The number of carboxylic acids is 1. The van der Waals surface area contributed by atoms with Gasteiger partial charge in [-0.15, -0.1) is 0 Å². The second-order valence-corrected chi connectivity index (χ2v) is 5.14. The lowest BCUT2D eigenvalue weighted by Crippen LogP contribution is -2.24. The maximum Gasteiger partial charge on any atom is 0.307 e. The van der Waals surface area contributed by atoms with E-state index in [1.165, 1.54) is 5.56 Å². The summed E-state index contributed by atoms with van der Waals surface area (Å²) in [4.78, 5) is 19.2. The molecule has 2 aromatic rings. The molecule has 1 aliphatic rings. The Morgan fingerprint density at radius 1 is 1.37 bits per heavy atom. The molecule has 1 aromatic carbocycles. The predicted molar refractivity (Wildman–Crippen MR) is 73.1 cm³/mol. The summed E-state index contributed by atoms with van der Waals surface area (Å²) in [7, 11) is 0. The molecule has 4 nitrogen and oxygen atoms in total. The summed E-state index contributed by atoms with van der Waals surface area (Å²) in [6.45, 7) is 2.03. The second kappa shape index (κ2) is 4.53. The Kier molecular flexibility index (Phi) is 2.85. The standard InChI is InChI=1S/C15H16N2O2/c1-9-6-7-12-13(8-9)17-14(16-12)10-4-2-3-5-11(10)15(18)19/h2-3,6-8,10-11H,4-5H2,1H3,(H,16,17)(H,18,19)/t10-,11+/m1/s1. The van der Waals surface area contributed by atoms with Crippen LogP contribution in [0.5, 0.6) is 0 Å². The highest BCUT2D eigenvalue weighted by Gasteiger charge is 2.31. The molecule has 1 heterocycles. The minimum atomic E-state index is -0.744. The van der Waals surface area contributed by atoms with E-state index in [1.54, 1.807) is 0 Å². The first-order valence-electron chi connectivity index (χ1n) is 6.49. The summed E-state index contributed by atoms with van der Waals surface area (Å²) in [6.07, 6.45) is 5.30. The highest BCUT2D eigenvalue weighted by molar-refractivity contribution is 5.77. The smallest absolute Gasteiger partial charge is 0.307 e. The topological polar surface area (TPSA) is 66.0 Å². The van der Waals surface area contributed by atoms with Gasteiger partial charge in [-0.3, -0.25) is 4.79 Å². The van der Waals surface area contributed by atoms with Crippen LogP contribution in [0.1, 0.15) is 30.1 Å². The van der Waals surface area contributed by atoms with Gasteiger partial charge >= 0.3 is 5.97 Å². The van der Waals surface area contributed by atoms with Gasteiger partial charge in [0.25, 0.3) is 0 Å². The fraction of sp³-hybridized carbons (Fsp3) is 0.333. The van der Waals surface area contributed by atoms with Crippen LogP contribution in [-0.4, -0.2) is 21.0 Å². The molecular formula is C15H16N2O2. The number of aryl methyl sites for hydroxylation is 1. The Hall–Kier alpha value is -2.10. The van der Waals surface area contributed by atoms with Gasteiger partial charge in [0.1, 0.15) is 5.82 Å². The lowest BCUT2D eigenvalue weighted by molar-refractivity contribution is -0.142. The van der Waals surface area contributed by atoms with Crippen molar-refractivity contribution in [1.29, 1.82) is 0 Å². The maximum atomic E-state index is 11.3. The second-order valence-electron chi connectivity index (χ2n) is 5.14. The molecule has 98 valence electrons. The number of carboxylic acid groups (broad SMARTS) is 1. The summed E-state index contributed by atoms with van der Waals surface area (Å²) in [5, 5.41) is 9.31. The number of hydrogen-bond acceptors (Lipinski definition) is 2. The quantitative estimate of drug-likeness (QED) is 0.812. The first kappa shape index (κ1) is 12.0. The van der Waals surface area contributed by atoms with Crippen LogP contribution < -0.4 is 0 Å². The molecule has 0 spiro atoms. The molecule has 0 aliphatic heterocycles. The minimum Gasteiger partial charge on any atom is -0.481 e. The van der Waals surface area contributed by atoms with Crippen LogP contribution >= 0.6 is 0 Å². The van der Waals surface area contributed by atoms with Crippen LogP contribution in [0, 0.1) is 12.8 Å². The van der Waals surface area contributed by atoms with E-state index in [4.69, 9.17) is 0 Å². The van der Waals surface area contributed by atoms with Gasteiger partial charge < -0.3 is 10.1 Å². The highest BCUT2D eigenvalue weighted by Crippen LogP contribution is 2.34. The van der Waals surface area contributed by atoms with E-state index in [-0.39, 0.29) is 11.8 Å². The molecule has 0 amide bonds. The van der Waals surface area contributed by atoms with Crippen molar-refractivity contribution in [2.45, 2.75) is 25.7 Å². The number of hydrogen-bond donors (Lipinski definition) is 2. The van der Waals surface area contributed by atoms with Crippen LogP contribution in [-0.2, 0) is 4.79 Å². The molecule has 1 aliphatic carbocycles. The number of fused-ring (bicyclic) bond motifs is 1. The van der Waals surface area contributed by atoms with Gasteiger partial charge in [-0.25, -0.2) is 4.98 Å². The van der Waals surface area contributed by atoms with E-state index in [2.05, 4.69) is 9.97 Å². The first-order chi connectivity index (χ1) is 9.15. The number of aromatic nitrogens is 2. The Labute approximate surface area is 111 Å². The van der Waals surface area contributed by atoms with Crippen molar-refractivity contribution in [1.82, 2.24) is 9.97 Å². The van der Waals surface area contributed by atoms with Gasteiger partial charge in [-0.1, -0.05) is 18.2 Å². The number of aromatic amines is 1. The number of nitrogens with one attached hydrogen (secondary N) is 1. The third-order valence-electron chi connectivity index (χ3n) is 3.76. The van der Waals surface area contributed by atoms with Crippen LogP contribution in [0.25, 0.3) is 11.0 Å². The molecule has 0 saturated heterocycles. The third-order valence-corrected chi connectivity index (χ3v) is 3.76. The Balaban J connectivity index is 2.02.